The van der Waals surface area contributed by atoms with Gasteiger partial charge in [0, 0.05) is 6.42 Å². The van der Waals surface area contributed by atoms with Crippen molar-refractivity contribution < 1.29 is 14.9 Å². The lowest BCUT2D eigenvalue weighted by Crippen LogP contribution is -2.24. The van der Waals surface area contributed by atoms with E-state index >= 15 is 0 Å². The minimum absolute atomic E-state index is 0.0790. The van der Waals surface area contributed by atoms with Crippen LogP contribution in [0.3, 0.4) is 0 Å². The highest BCUT2D eigenvalue weighted by Gasteiger charge is 2.34. The lowest BCUT2D eigenvalue weighted by Gasteiger charge is -2.14. The van der Waals surface area contributed by atoms with Crippen molar-refractivity contribution in [2.24, 2.45) is 5.92 Å². The van der Waals surface area contributed by atoms with E-state index in [-0.39, 0.29) is 18.8 Å². The molecular weight excluding hydrogens is 144 g/mol. The molecule has 0 saturated carbocycles. The summed E-state index contributed by atoms with van der Waals surface area (Å²) in [5.74, 6) is 0.418. The van der Waals surface area contributed by atoms with Gasteiger partial charge in [0.2, 0.25) is 0 Å². The molecule has 0 aromatic carbocycles. The predicted molar refractivity (Wildman–Crippen MR) is 41.2 cm³/mol. The lowest BCUT2D eigenvalue weighted by atomic mass is 10.0. The average Bonchev–Trinajstić information content (AvgIpc) is 2.31. The van der Waals surface area contributed by atoms with Crippen molar-refractivity contribution in [1.82, 2.24) is 0 Å². The Bertz CT molecular complexity index is 125. The van der Waals surface area contributed by atoms with Gasteiger partial charge in [0.05, 0.1) is 18.8 Å². The Morgan fingerprint density at radius 2 is 2.18 bits per heavy atom. The number of hydrogen-bond donors (Lipinski definition) is 2. The Balaban J connectivity index is 2.43. The molecule has 1 heterocycles. The summed E-state index contributed by atoms with van der Waals surface area (Å²) >= 11 is 0. The Morgan fingerprint density at radius 1 is 1.55 bits per heavy atom. The smallest absolute Gasteiger partial charge is 0.107 e. The molecule has 3 nitrogen and oxygen atoms in total. The van der Waals surface area contributed by atoms with Gasteiger partial charge in [-0.25, -0.2) is 0 Å². The van der Waals surface area contributed by atoms with Crippen molar-refractivity contribution in [3.63, 3.8) is 0 Å². The molecule has 0 aromatic heterocycles. The van der Waals surface area contributed by atoms with E-state index in [0.717, 1.165) is 0 Å². The molecule has 2 N–H and O–H groups in total. The zero-order chi connectivity index (χ0) is 8.43. The topological polar surface area (TPSA) is 49.7 Å². The van der Waals surface area contributed by atoms with Crippen LogP contribution in [0.15, 0.2) is 0 Å². The summed E-state index contributed by atoms with van der Waals surface area (Å²) in [5.41, 5.74) is 0. The van der Waals surface area contributed by atoms with Crippen LogP contribution in [0.25, 0.3) is 0 Å². The number of aliphatic hydroxyl groups excluding tert-OH is 2. The van der Waals surface area contributed by atoms with Crippen LogP contribution >= 0.6 is 0 Å². The van der Waals surface area contributed by atoms with Crippen LogP contribution in [-0.4, -0.2) is 35.1 Å². The second-order valence-corrected chi connectivity index (χ2v) is 3.44. The van der Waals surface area contributed by atoms with Gasteiger partial charge in [0.15, 0.2) is 0 Å². The molecule has 0 aromatic rings. The standard InChI is InChI=1S/C8H16O3/c1-5(2)7-3-6(10)8(4-9)11-7/h5-10H,3-4H2,1-2H3. The van der Waals surface area contributed by atoms with Gasteiger partial charge in [0.25, 0.3) is 0 Å². The van der Waals surface area contributed by atoms with Gasteiger partial charge in [-0.1, -0.05) is 13.8 Å². The highest BCUT2D eigenvalue weighted by atomic mass is 16.5. The molecule has 1 fully saturated rings. The van der Waals surface area contributed by atoms with E-state index in [1.54, 1.807) is 0 Å². The predicted octanol–water partition coefficient (Wildman–Crippen LogP) is 0.153. The van der Waals surface area contributed by atoms with E-state index < -0.39 is 6.10 Å². The van der Waals surface area contributed by atoms with Crippen molar-refractivity contribution in [3.05, 3.63) is 0 Å². The maximum Gasteiger partial charge on any atom is 0.107 e. The molecule has 3 atom stereocenters. The van der Waals surface area contributed by atoms with Crippen LogP contribution in [0, 0.1) is 5.92 Å². The van der Waals surface area contributed by atoms with Gasteiger partial charge in [-0.2, -0.15) is 0 Å². The fourth-order valence-corrected chi connectivity index (χ4v) is 1.35. The number of ether oxygens (including phenoxy) is 1. The van der Waals surface area contributed by atoms with Crippen LogP contribution < -0.4 is 0 Å². The molecule has 0 aliphatic carbocycles. The van der Waals surface area contributed by atoms with Crippen LogP contribution in [0.4, 0.5) is 0 Å². The molecule has 0 spiro atoms. The molecule has 1 rings (SSSR count). The highest BCUT2D eigenvalue weighted by molar-refractivity contribution is 4.82. The number of hydrogen-bond acceptors (Lipinski definition) is 3. The zero-order valence-electron chi connectivity index (χ0n) is 7.03. The summed E-state index contributed by atoms with van der Waals surface area (Å²) in [6, 6.07) is 0. The second kappa shape index (κ2) is 3.52. The molecule has 3 heteroatoms. The van der Waals surface area contributed by atoms with Crippen LogP contribution in [0.1, 0.15) is 20.3 Å². The van der Waals surface area contributed by atoms with Crippen LogP contribution in [0.5, 0.6) is 0 Å². The van der Waals surface area contributed by atoms with Crippen molar-refractivity contribution in [2.75, 3.05) is 6.61 Å². The Labute approximate surface area is 67.0 Å². The quantitative estimate of drug-likeness (QED) is 0.604. The van der Waals surface area contributed by atoms with E-state index in [1.807, 2.05) is 0 Å². The summed E-state index contributed by atoms with van der Waals surface area (Å²) < 4.78 is 5.38. The first-order valence-electron chi connectivity index (χ1n) is 4.09. The number of rotatable bonds is 2. The molecule has 66 valence electrons. The fraction of sp³-hybridized carbons (Fsp3) is 1.00. The zero-order valence-corrected chi connectivity index (χ0v) is 7.03. The SMILES string of the molecule is CC(C)C1CC(O)C(CO)O1. The first-order valence-corrected chi connectivity index (χ1v) is 4.09. The van der Waals surface area contributed by atoms with E-state index in [9.17, 15) is 5.11 Å². The van der Waals surface area contributed by atoms with Gasteiger partial charge in [-0.3, -0.25) is 0 Å². The number of aliphatic hydroxyl groups is 2. The molecule has 3 unspecified atom stereocenters. The van der Waals surface area contributed by atoms with Crippen molar-refractivity contribution in [2.45, 2.75) is 38.6 Å². The molecule has 11 heavy (non-hydrogen) atoms. The summed E-state index contributed by atoms with van der Waals surface area (Å²) in [5, 5.41) is 18.1. The maximum absolute atomic E-state index is 9.32. The third-order valence-corrected chi connectivity index (χ3v) is 2.18. The molecule has 1 aliphatic heterocycles. The first-order chi connectivity index (χ1) is 5.15. The Morgan fingerprint density at radius 3 is 2.45 bits per heavy atom. The fourth-order valence-electron chi connectivity index (χ4n) is 1.35. The van der Waals surface area contributed by atoms with Crippen LogP contribution in [0.2, 0.25) is 0 Å². The van der Waals surface area contributed by atoms with E-state index in [1.165, 1.54) is 0 Å². The van der Waals surface area contributed by atoms with Crippen molar-refractivity contribution in [1.29, 1.82) is 0 Å². The van der Waals surface area contributed by atoms with Gasteiger partial charge in [0.1, 0.15) is 6.10 Å². The molecule has 0 radical (unpaired) electrons. The normalized spacial score (nSPS) is 38.5. The summed E-state index contributed by atoms with van der Waals surface area (Å²) in [6.07, 6.45) is -0.0694. The third-order valence-electron chi connectivity index (χ3n) is 2.18. The molecular formula is C8H16O3. The van der Waals surface area contributed by atoms with Gasteiger partial charge in [-0.05, 0) is 5.92 Å². The molecule has 1 saturated heterocycles. The molecule has 0 bridgehead atoms. The lowest BCUT2D eigenvalue weighted by molar-refractivity contribution is -0.0335. The first kappa shape index (κ1) is 8.97. The van der Waals surface area contributed by atoms with Gasteiger partial charge >= 0.3 is 0 Å². The Kier molecular flexibility index (Phi) is 2.87. The van der Waals surface area contributed by atoms with Gasteiger partial charge < -0.3 is 14.9 Å². The Hall–Kier alpha value is -0.120. The minimum Gasteiger partial charge on any atom is -0.394 e. The van der Waals surface area contributed by atoms with E-state index in [4.69, 9.17) is 9.84 Å². The molecule has 1 aliphatic rings. The highest BCUT2D eigenvalue weighted by Crippen LogP contribution is 2.25. The summed E-state index contributed by atoms with van der Waals surface area (Å²) in [4.78, 5) is 0. The largest absolute Gasteiger partial charge is 0.394 e. The minimum atomic E-state index is -0.479. The summed E-state index contributed by atoms with van der Waals surface area (Å²) in [6.45, 7) is 4.03. The third kappa shape index (κ3) is 1.92. The second-order valence-electron chi connectivity index (χ2n) is 3.44. The van der Waals surface area contributed by atoms with E-state index in [0.29, 0.717) is 12.3 Å². The molecule has 0 amide bonds. The van der Waals surface area contributed by atoms with Crippen molar-refractivity contribution in [3.8, 4) is 0 Å². The monoisotopic (exact) mass is 160 g/mol. The van der Waals surface area contributed by atoms with Crippen LogP contribution in [-0.2, 0) is 4.74 Å². The maximum atomic E-state index is 9.32. The van der Waals surface area contributed by atoms with E-state index in [2.05, 4.69) is 13.8 Å². The average molecular weight is 160 g/mol. The summed E-state index contributed by atoms with van der Waals surface area (Å²) in [7, 11) is 0. The van der Waals surface area contributed by atoms with Crippen molar-refractivity contribution >= 4 is 0 Å². The van der Waals surface area contributed by atoms with Gasteiger partial charge in [-0.15, -0.1) is 0 Å².